The fourth-order valence-electron chi connectivity index (χ4n) is 2.22. The molecule has 1 saturated carbocycles. The van der Waals surface area contributed by atoms with Crippen LogP contribution in [0.4, 0.5) is 9.59 Å². The molecule has 0 bridgehead atoms. The molecule has 6 heteroatoms. The number of amides is 2. The fraction of sp³-hybridized carbons (Fsp3) is 0.846. The summed E-state index contributed by atoms with van der Waals surface area (Å²) in [6, 6.07) is 0.135. The summed E-state index contributed by atoms with van der Waals surface area (Å²) >= 11 is 0. The molecular weight excluding hydrogens is 248 g/mol. The summed E-state index contributed by atoms with van der Waals surface area (Å²) < 4.78 is 5.21. The van der Waals surface area contributed by atoms with Crippen molar-refractivity contribution >= 4 is 12.2 Å². The van der Waals surface area contributed by atoms with E-state index in [0.717, 1.165) is 25.7 Å². The van der Waals surface area contributed by atoms with Gasteiger partial charge in [0.15, 0.2) is 0 Å². The predicted molar refractivity (Wildman–Crippen MR) is 71.1 cm³/mol. The molecule has 0 atom stereocenters. The lowest BCUT2D eigenvalue weighted by molar-refractivity contribution is 0.0487. The SMILES string of the molecule is CC(C)(C)OC(=O)NC1CCC(CNC(=O)O)CC1. The van der Waals surface area contributed by atoms with Gasteiger partial charge < -0.3 is 20.5 Å². The second kappa shape index (κ2) is 6.63. The Bertz CT molecular complexity index is 317. The van der Waals surface area contributed by atoms with Crippen LogP contribution in [-0.2, 0) is 4.74 Å². The van der Waals surface area contributed by atoms with Gasteiger partial charge in [-0.25, -0.2) is 9.59 Å². The Labute approximate surface area is 113 Å². The number of nitrogens with one attached hydrogen (secondary N) is 2. The van der Waals surface area contributed by atoms with Crippen LogP contribution in [0.1, 0.15) is 46.5 Å². The van der Waals surface area contributed by atoms with E-state index in [1.165, 1.54) is 0 Å². The quantitative estimate of drug-likeness (QED) is 0.735. The third-order valence-corrected chi connectivity index (χ3v) is 3.11. The summed E-state index contributed by atoms with van der Waals surface area (Å²) in [6.45, 7) is 6.00. The van der Waals surface area contributed by atoms with Gasteiger partial charge in [-0.1, -0.05) is 0 Å². The van der Waals surface area contributed by atoms with Gasteiger partial charge in [0.25, 0.3) is 0 Å². The molecule has 19 heavy (non-hydrogen) atoms. The molecule has 1 aliphatic rings. The Morgan fingerprint density at radius 1 is 1.21 bits per heavy atom. The second-order valence-electron chi connectivity index (χ2n) is 6.05. The van der Waals surface area contributed by atoms with Crippen molar-refractivity contribution in [2.24, 2.45) is 5.92 Å². The van der Waals surface area contributed by atoms with E-state index in [9.17, 15) is 9.59 Å². The standard InChI is InChI=1S/C13H24N2O4/c1-13(2,3)19-12(18)15-10-6-4-9(5-7-10)8-14-11(16)17/h9-10,14H,4-8H2,1-3H3,(H,15,18)(H,16,17). The number of hydrogen-bond acceptors (Lipinski definition) is 3. The van der Waals surface area contributed by atoms with Crippen LogP contribution in [0.5, 0.6) is 0 Å². The fourth-order valence-corrected chi connectivity index (χ4v) is 2.22. The molecular formula is C13H24N2O4. The monoisotopic (exact) mass is 272 g/mol. The van der Waals surface area contributed by atoms with E-state index in [1.807, 2.05) is 20.8 Å². The highest BCUT2D eigenvalue weighted by Crippen LogP contribution is 2.24. The average molecular weight is 272 g/mol. The molecule has 1 fully saturated rings. The lowest BCUT2D eigenvalue weighted by Crippen LogP contribution is -2.42. The maximum atomic E-state index is 11.6. The van der Waals surface area contributed by atoms with E-state index >= 15 is 0 Å². The zero-order valence-corrected chi connectivity index (χ0v) is 11.9. The van der Waals surface area contributed by atoms with Crippen LogP contribution in [0.2, 0.25) is 0 Å². The summed E-state index contributed by atoms with van der Waals surface area (Å²) in [4.78, 5) is 22.0. The molecule has 0 heterocycles. The van der Waals surface area contributed by atoms with Crippen LogP contribution in [0.15, 0.2) is 0 Å². The second-order valence-corrected chi connectivity index (χ2v) is 6.05. The summed E-state index contributed by atoms with van der Waals surface area (Å²) in [5.41, 5.74) is -0.479. The Hall–Kier alpha value is -1.46. The first-order valence-corrected chi connectivity index (χ1v) is 6.72. The van der Waals surface area contributed by atoms with Gasteiger partial charge in [-0.3, -0.25) is 0 Å². The van der Waals surface area contributed by atoms with Crippen molar-refractivity contribution in [2.75, 3.05) is 6.54 Å². The molecule has 0 aromatic rings. The Balaban J connectivity index is 2.23. The number of hydrogen-bond donors (Lipinski definition) is 3. The highest BCUT2D eigenvalue weighted by molar-refractivity contribution is 5.68. The highest BCUT2D eigenvalue weighted by Gasteiger charge is 2.24. The van der Waals surface area contributed by atoms with E-state index in [4.69, 9.17) is 9.84 Å². The van der Waals surface area contributed by atoms with Crippen LogP contribution in [0, 0.1) is 5.92 Å². The van der Waals surface area contributed by atoms with E-state index in [2.05, 4.69) is 10.6 Å². The zero-order valence-electron chi connectivity index (χ0n) is 11.9. The van der Waals surface area contributed by atoms with Gasteiger partial charge in [0, 0.05) is 12.6 Å². The number of carbonyl (C=O) groups excluding carboxylic acids is 1. The van der Waals surface area contributed by atoms with Crippen LogP contribution in [0.3, 0.4) is 0 Å². The first-order chi connectivity index (χ1) is 8.76. The lowest BCUT2D eigenvalue weighted by Gasteiger charge is -2.29. The molecule has 0 unspecified atom stereocenters. The molecule has 0 aromatic heterocycles. The number of carbonyl (C=O) groups is 2. The molecule has 1 aliphatic carbocycles. The summed E-state index contributed by atoms with van der Waals surface area (Å²) in [5.74, 6) is 0.368. The average Bonchev–Trinajstić information content (AvgIpc) is 2.25. The normalized spacial score (nSPS) is 23.5. The van der Waals surface area contributed by atoms with Crippen molar-refractivity contribution in [1.82, 2.24) is 10.6 Å². The van der Waals surface area contributed by atoms with E-state index in [0.29, 0.717) is 12.5 Å². The third kappa shape index (κ3) is 6.88. The molecule has 0 aliphatic heterocycles. The van der Waals surface area contributed by atoms with E-state index in [-0.39, 0.29) is 12.1 Å². The number of ether oxygens (including phenoxy) is 1. The van der Waals surface area contributed by atoms with Crippen LogP contribution >= 0.6 is 0 Å². The van der Waals surface area contributed by atoms with Gasteiger partial charge in [-0.2, -0.15) is 0 Å². The first kappa shape index (κ1) is 15.6. The zero-order chi connectivity index (χ0) is 14.5. The summed E-state index contributed by atoms with van der Waals surface area (Å²) in [6.07, 6.45) is 2.21. The minimum Gasteiger partial charge on any atom is -0.465 e. The Kier molecular flexibility index (Phi) is 5.44. The van der Waals surface area contributed by atoms with Crippen molar-refractivity contribution in [2.45, 2.75) is 58.1 Å². The highest BCUT2D eigenvalue weighted by atomic mass is 16.6. The van der Waals surface area contributed by atoms with Crippen molar-refractivity contribution in [3.8, 4) is 0 Å². The van der Waals surface area contributed by atoms with Crippen LogP contribution in [0.25, 0.3) is 0 Å². The van der Waals surface area contributed by atoms with Gasteiger partial charge in [0.2, 0.25) is 0 Å². The van der Waals surface area contributed by atoms with Gasteiger partial charge in [0.1, 0.15) is 5.60 Å². The molecule has 1 rings (SSSR count). The maximum absolute atomic E-state index is 11.6. The van der Waals surface area contributed by atoms with Crippen molar-refractivity contribution in [1.29, 1.82) is 0 Å². The number of rotatable bonds is 3. The number of carboxylic acid groups (broad SMARTS) is 1. The largest absolute Gasteiger partial charge is 0.465 e. The molecule has 0 radical (unpaired) electrons. The number of alkyl carbamates (subject to hydrolysis) is 1. The maximum Gasteiger partial charge on any atom is 0.407 e. The molecule has 6 nitrogen and oxygen atoms in total. The van der Waals surface area contributed by atoms with Gasteiger partial charge in [0.05, 0.1) is 0 Å². The van der Waals surface area contributed by atoms with E-state index < -0.39 is 11.7 Å². The predicted octanol–water partition coefficient (Wildman–Crippen LogP) is 2.34. The third-order valence-electron chi connectivity index (χ3n) is 3.11. The van der Waals surface area contributed by atoms with Gasteiger partial charge >= 0.3 is 12.2 Å². The smallest absolute Gasteiger partial charge is 0.407 e. The molecule has 110 valence electrons. The first-order valence-electron chi connectivity index (χ1n) is 6.72. The molecule has 0 saturated heterocycles. The van der Waals surface area contributed by atoms with E-state index in [1.54, 1.807) is 0 Å². The lowest BCUT2D eigenvalue weighted by atomic mass is 9.86. The van der Waals surface area contributed by atoms with Crippen LogP contribution < -0.4 is 10.6 Å². The Morgan fingerprint density at radius 2 is 1.79 bits per heavy atom. The molecule has 0 aromatic carbocycles. The Morgan fingerprint density at radius 3 is 2.26 bits per heavy atom. The van der Waals surface area contributed by atoms with Crippen molar-refractivity contribution < 1.29 is 19.4 Å². The minimum atomic E-state index is -0.978. The van der Waals surface area contributed by atoms with Crippen LogP contribution in [-0.4, -0.2) is 35.5 Å². The minimum absolute atomic E-state index is 0.135. The molecule has 3 N–H and O–H groups in total. The topological polar surface area (TPSA) is 87.7 Å². The van der Waals surface area contributed by atoms with Crippen molar-refractivity contribution in [3.63, 3.8) is 0 Å². The molecule has 0 spiro atoms. The summed E-state index contributed by atoms with van der Waals surface area (Å²) in [7, 11) is 0. The molecule has 2 amide bonds. The van der Waals surface area contributed by atoms with Gasteiger partial charge in [-0.05, 0) is 52.4 Å². The summed E-state index contributed by atoms with van der Waals surface area (Å²) in [5, 5.41) is 13.8. The van der Waals surface area contributed by atoms with Gasteiger partial charge in [-0.15, -0.1) is 0 Å². The van der Waals surface area contributed by atoms with Crippen molar-refractivity contribution in [3.05, 3.63) is 0 Å².